The Labute approximate surface area is 175 Å². The van der Waals surface area contributed by atoms with Crippen LogP contribution in [0.3, 0.4) is 0 Å². The van der Waals surface area contributed by atoms with E-state index in [0.29, 0.717) is 0 Å². The Bertz CT molecular complexity index is 499. The van der Waals surface area contributed by atoms with Crippen LogP contribution in [0.15, 0.2) is 24.3 Å². The van der Waals surface area contributed by atoms with Gasteiger partial charge in [0, 0.05) is 24.4 Å². The van der Waals surface area contributed by atoms with Gasteiger partial charge in [0.2, 0.25) is 0 Å². The van der Waals surface area contributed by atoms with Crippen LogP contribution in [0.2, 0.25) is 12.1 Å². The zero-order valence-electron chi connectivity index (χ0n) is 19.7. The highest BCUT2D eigenvalue weighted by Crippen LogP contribution is 2.21. The highest BCUT2D eigenvalue weighted by molar-refractivity contribution is 6.82. The van der Waals surface area contributed by atoms with Crippen molar-refractivity contribution >= 4 is 27.5 Å². The van der Waals surface area contributed by atoms with Crippen molar-refractivity contribution in [2.24, 2.45) is 0 Å². The summed E-state index contributed by atoms with van der Waals surface area (Å²) in [6, 6.07) is 10.5. The molecule has 1 aromatic rings. The molecule has 0 fully saturated rings. The lowest BCUT2D eigenvalue weighted by molar-refractivity contribution is 0.114. The highest BCUT2D eigenvalue weighted by atomic mass is 28.4. The van der Waals surface area contributed by atoms with Gasteiger partial charge in [-0.15, -0.1) is 0 Å². The van der Waals surface area contributed by atoms with Gasteiger partial charge in [0.15, 0.2) is 0 Å². The van der Waals surface area contributed by atoms with Gasteiger partial charge in [-0.25, -0.2) is 0 Å². The van der Waals surface area contributed by atoms with Crippen LogP contribution in [0.1, 0.15) is 69.2 Å². The van der Waals surface area contributed by atoms with Crippen LogP contribution in [0.4, 0.5) is 0 Å². The lowest BCUT2D eigenvalue weighted by Gasteiger charge is -2.36. The van der Waals surface area contributed by atoms with Gasteiger partial charge in [-0.05, 0) is 77.9 Å². The Kier molecular flexibility index (Phi) is 10.1. The first-order valence-corrected chi connectivity index (χ1v) is 14.9. The molecule has 0 heterocycles. The third-order valence-electron chi connectivity index (χ3n) is 4.40. The first-order valence-electron chi connectivity index (χ1n) is 10.8. The molecule has 0 spiro atoms. The van der Waals surface area contributed by atoms with Crippen LogP contribution < -0.4 is 10.4 Å². The lowest BCUT2D eigenvalue weighted by Crippen LogP contribution is -2.58. The maximum atomic E-state index is 6.43. The fraction of sp³-hybridized carbons (Fsp3) is 0.727. The van der Waals surface area contributed by atoms with Crippen molar-refractivity contribution in [3.63, 3.8) is 0 Å². The molecule has 0 N–H and O–H groups in total. The SMILES string of the molecule is CC[Si](OC(C)C)(OC(C)C)c1ccc([Si](CC)(OC(C)C)OC(C)C)cc1. The molecule has 0 radical (unpaired) electrons. The third-order valence-corrected chi connectivity index (χ3v) is 12.1. The summed E-state index contributed by atoms with van der Waals surface area (Å²) in [5.41, 5.74) is 0. The summed E-state index contributed by atoms with van der Waals surface area (Å²) < 4.78 is 25.7. The monoisotopic (exact) mass is 426 g/mol. The summed E-state index contributed by atoms with van der Waals surface area (Å²) in [6.07, 6.45) is 0.510. The predicted molar refractivity (Wildman–Crippen MR) is 123 cm³/mol. The maximum absolute atomic E-state index is 6.43. The first kappa shape index (κ1) is 25.5. The van der Waals surface area contributed by atoms with Gasteiger partial charge >= 0.3 is 17.1 Å². The topological polar surface area (TPSA) is 36.9 Å². The van der Waals surface area contributed by atoms with Gasteiger partial charge < -0.3 is 17.7 Å². The van der Waals surface area contributed by atoms with Crippen molar-refractivity contribution in [1.29, 1.82) is 0 Å². The Morgan fingerprint density at radius 1 is 0.536 bits per heavy atom. The number of rotatable bonds is 12. The number of benzene rings is 1. The molecule has 28 heavy (non-hydrogen) atoms. The van der Waals surface area contributed by atoms with Gasteiger partial charge in [-0.3, -0.25) is 0 Å². The summed E-state index contributed by atoms with van der Waals surface area (Å²) >= 11 is 0. The van der Waals surface area contributed by atoms with E-state index < -0.39 is 17.1 Å². The smallest absolute Gasteiger partial charge is 0.372 e. The molecule has 1 aromatic carbocycles. The van der Waals surface area contributed by atoms with Crippen molar-refractivity contribution in [3.05, 3.63) is 24.3 Å². The Hall–Kier alpha value is -0.506. The first-order chi connectivity index (χ1) is 13.0. The quantitative estimate of drug-likeness (QED) is 0.453. The van der Waals surface area contributed by atoms with E-state index in [-0.39, 0.29) is 24.4 Å². The highest BCUT2D eigenvalue weighted by Gasteiger charge is 2.43. The molecule has 162 valence electrons. The maximum Gasteiger partial charge on any atom is 0.372 e. The molecule has 0 saturated heterocycles. The van der Waals surface area contributed by atoms with Gasteiger partial charge in [0.1, 0.15) is 0 Å². The molecular weight excluding hydrogens is 384 g/mol. The fourth-order valence-corrected chi connectivity index (χ4v) is 10.1. The van der Waals surface area contributed by atoms with Crippen LogP contribution in [0.5, 0.6) is 0 Å². The summed E-state index contributed by atoms with van der Waals surface area (Å²) in [4.78, 5) is 0. The van der Waals surface area contributed by atoms with Gasteiger partial charge in [0.25, 0.3) is 0 Å². The molecule has 0 unspecified atom stereocenters. The second-order valence-electron chi connectivity index (χ2n) is 8.46. The largest absolute Gasteiger partial charge is 0.388 e. The average molecular weight is 427 g/mol. The van der Waals surface area contributed by atoms with Crippen LogP contribution in [0.25, 0.3) is 0 Å². The molecule has 6 heteroatoms. The molecule has 0 saturated carbocycles. The minimum Gasteiger partial charge on any atom is -0.388 e. The number of hydrogen-bond acceptors (Lipinski definition) is 4. The predicted octanol–water partition coefficient (Wildman–Crippen LogP) is 4.72. The molecule has 0 aliphatic heterocycles. The van der Waals surface area contributed by atoms with Crippen molar-refractivity contribution in [2.45, 2.75) is 106 Å². The van der Waals surface area contributed by atoms with Crippen molar-refractivity contribution in [3.8, 4) is 0 Å². The normalized spacial score (nSPS) is 13.4. The van der Waals surface area contributed by atoms with Crippen molar-refractivity contribution in [1.82, 2.24) is 0 Å². The zero-order valence-corrected chi connectivity index (χ0v) is 21.7. The van der Waals surface area contributed by atoms with E-state index in [2.05, 4.69) is 93.5 Å². The third kappa shape index (κ3) is 6.78. The van der Waals surface area contributed by atoms with E-state index in [4.69, 9.17) is 17.7 Å². The van der Waals surface area contributed by atoms with Crippen molar-refractivity contribution < 1.29 is 17.7 Å². The van der Waals surface area contributed by atoms with E-state index in [1.165, 1.54) is 10.4 Å². The molecule has 0 aliphatic rings. The summed E-state index contributed by atoms with van der Waals surface area (Å²) in [5.74, 6) is 0. The Balaban J connectivity index is 3.36. The van der Waals surface area contributed by atoms with Crippen LogP contribution in [-0.2, 0) is 17.7 Å². The van der Waals surface area contributed by atoms with Gasteiger partial charge in [-0.1, -0.05) is 38.1 Å². The van der Waals surface area contributed by atoms with Gasteiger partial charge in [-0.2, -0.15) is 0 Å². The second-order valence-corrected chi connectivity index (χ2v) is 15.0. The Morgan fingerprint density at radius 2 is 0.750 bits per heavy atom. The van der Waals surface area contributed by atoms with E-state index in [1.54, 1.807) is 0 Å². The molecule has 0 aliphatic carbocycles. The van der Waals surface area contributed by atoms with Crippen LogP contribution in [0, 0.1) is 0 Å². The standard InChI is InChI=1S/C22H42O4Si2/c1-11-27(23-17(3)4,24-18(5)6)21-13-15-22(16-14-21)28(12-2,25-19(7)8)26-20(9)10/h13-20H,11-12H2,1-10H3. The zero-order chi connectivity index (χ0) is 21.5. The second kappa shape index (κ2) is 11.0. The summed E-state index contributed by atoms with van der Waals surface area (Å²) in [7, 11) is -4.99. The molecule has 1 rings (SSSR count). The molecule has 0 aromatic heterocycles. The minimum absolute atomic E-state index is 0.127. The molecular formula is C22H42O4Si2. The molecule has 0 atom stereocenters. The minimum atomic E-state index is -2.49. The number of hydrogen-bond donors (Lipinski definition) is 0. The lowest BCUT2D eigenvalue weighted by atomic mass is 10.4. The average Bonchev–Trinajstić information content (AvgIpc) is 2.58. The summed E-state index contributed by atoms with van der Waals surface area (Å²) in [5, 5.41) is 2.35. The van der Waals surface area contributed by atoms with Crippen LogP contribution >= 0.6 is 0 Å². The molecule has 0 bridgehead atoms. The van der Waals surface area contributed by atoms with Gasteiger partial charge in [0.05, 0.1) is 0 Å². The van der Waals surface area contributed by atoms with E-state index >= 15 is 0 Å². The Morgan fingerprint density at radius 3 is 0.893 bits per heavy atom. The summed E-state index contributed by atoms with van der Waals surface area (Å²) in [6.45, 7) is 21.0. The fourth-order valence-electron chi connectivity index (χ4n) is 3.57. The molecule has 4 nitrogen and oxygen atoms in total. The van der Waals surface area contributed by atoms with Crippen molar-refractivity contribution in [2.75, 3.05) is 0 Å². The van der Waals surface area contributed by atoms with E-state index in [0.717, 1.165) is 12.1 Å². The molecule has 0 amide bonds. The van der Waals surface area contributed by atoms with E-state index in [1.807, 2.05) is 0 Å². The van der Waals surface area contributed by atoms with E-state index in [9.17, 15) is 0 Å². The van der Waals surface area contributed by atoms with Crippen LogP contribution in [-0.4, -0.2) is 41.5 Å².